The molecule has 2 aliphatic heterocycles. The zero-order chi connectivity index (χ0) is 20.4. The topological polar surface area (TPSA) is 112 Å². The molecule has 0 aromatic carbocycles. The molecule has 150 valence electrons. The highest BCUT2D eigenvalue weighted by molar-refractivity contribution is 8.01. The summed E-state index contributed by atoms with van der Waals surface area (Å²) in [5, 5.41) is 14.5. The smallest absolute Gasteiger partial charge is 0.352 e. The van der Waals surface area contributed by atoms with Crippen LogP contribution in [0.1, 0.15) is 4.88 Å². The van der Waals surface area contributed by atoms with E-state index in [-0.39, 0.29) is 18.0 Å². The van der Waals surface area contributed by atoms with Gasteiger partial charge in [-0.3, -0.25) is 14.5 Å². The third-order valence-corrected chi connectivity index (χ3v) is 7.58. The van der Waals surface area contributed by atoms with Gasteiger partial charge >= 0.3 is 5.97 Å². The van der Waals surface area contributed by atoms with Gasteiger partial charge in [0.2, 0.25) is 5.91 Å². The number of nitrogens with one attached hydrogen (secondary N) is 1. The Kier molecular flexibility index (Phi) is 5.88. The van der Waals surface area contributed by atoms with Gasteiger partial charge in [-0.15, -0.1) is 23.1 Å². The maximum atomic E-state index is 12.6. The van der Waals surface area contributed by atoms with E-state index < -0.39 is 23.3 Å². The van der Waals surface area contributed by atoms with E-state index in [0.29, 0.717) is 22.2 Å². The normalized spacial score (nSPS) is 20.8. The highest BCUT2D eigenvalue weighted by atomic mass is 32.2. The van der Waals surface area contributed by atoms with Crippen LogP contribution in [0.2, 0.25) is 0 Å². The van der Waals surface area contributed by atoms with E-state index in [4.69, 9.17) is 0 Å². The largest absolute Gasteiger partial charge is 0.477 e. The lowest BCUT2D eigenvalue weighted by Crippen LogP contribution is -2.70. The molecule has 2 amide bonds. The number of hydrogen-bond acceptors (Lipinski definition) is 8. The second kappa shape index (κ2) is 8.56. The second-order valence-electron chi connectivity index (χ2n) is 6.29. The van der Waals surface area contributed by atoms with Crippen molar-refractivity contribution in [3.63, 3.8) is 0 Å². The minimum Gasteiger partial charge on any atom is -0.477 e. The summed E-state index contributed by atoms with van der Waals surface area (Å²) in [5.74, 6) is -0.929. The van der Waals surface area contributed by atoms with Crippen molar-refractivity contribution in [1.29, 1.82) is 0 Å². The van der Waals surface area contributed by atoms with E-state index in [1.807, 2.05) is 17.5 Å². The molecule has 2 aromatic rings. The van der Waals surface area contributed by atoms with Crippen LogP contribution >= 0.6 is 34.9 Å². The molecule has 0 saturated carbocycles. The van der Waals surface area contributed by atoms with Crippen LogP contribution in [0.3, 0.4) is 0 Å². The second-order valence-corrected chi connectivity index (χ2v) is 9.37. The van der Waals surface area contributed by atoms with Crippen LogP contribution in [0.4, 0.5) is 0 Å². The lowest BCUT2D eigenvalue weighted by Gasteiger charge is -2.49. The fourth-order valence-electron chi connectivity index (χ4n) is 3.10. The Morgan fingerprint density at radius 1 is 1.31 bits per heavy atom. The number of thioether (sulfide) groups is 2. The number of aliphatic carboxylic acids is 1. The van der Waals surface area contributed by atoms with Crippen molar-refractivity contribution in [2.45, 2.75) is 23.0 Å². The Balaban J connectivity index is 1.44. The highest BCUT2D eigenvalue weighted by Gasteiger charge is 2.54. The monoisotopic (exact) mass is 448 g/mol. The fraction of sp³-hybridized carbons (Fsp3) is 0.278. The van der Waals surface area contributed by atoms with E-state index in [0.717, 1.165) is 4.88 Å². The summed E-state index contributed by atoms with van der Waals surface area (Å²) in [6.07, 6.45) is 3.45. The minimum absolute atomic E-state index is 0.00550. The first-order chi connectivity index (χ1) is 14.0. The molecule has 8 nitrogen and oxygen atoms in total. The lowest BCUT2D eigenvalue weighted by molar-refractivity contribution is -0.150. The molecule has 1 fully saturated rings. The van der Waals surface area contributed by atoms with Gasteiger partial charge in [-0.2, -0.15) is 0 Å². The molecule has 0 aliphatic carbocycles. The van der Waals surface area contributed by atoms with E-state index in [1.165, 1.54) is 39.8 Å². The number of amides is 2. The van der Waals surface area contributed by atoms with Crippen molar-refractivity contribution in [2.75, 3.05) is 11.5 Å². The summed E-state index contributed by atoms with van der Waals surface area (Å²) in [4.78, 5) is 47.2. The third-order valence-electron chi connectivity index (χ3n) is 4.40. The quantitative estimate of drug-likeness (QED) is 0.373. The number of carbonyl (C=O) groups excluding carboxylic acids is 2. The van der Waals surface area contributed by atoms with Crippen LogP contribution in [-0.4, -0.2) is 60.7 Å². The maximum absolute atomic E-state index is 12.6. The molecule has 4 heterocycles. The zero-order valence-corrected chi connectivity index (χ0v) is 17.4. The number of β-lactam (4-membered cyclic amide) rings is 1. The van der Waals surface area contributed by atoms with Crippen LogP contribution in [0.25, 0.3) is 0 Å². The summed E-state index contributed by atoms with van der Waals surface area (Å²) in [7, 11) is 0. The number of fused-ring (bicyclic) bond motifs is 1. The number of rotatable bonds is 7. The summed E-state index contributed by atoms with van der Waals surface area (Å²) in [6.45, 7) is 0. The first-order valence-electron chi connectivity index (χ1n) is 8.66. The zero-order valence-electron chi connectivity index (χ0n) is 15.0. The Hall–Kier alpha value is -2.37. The molecular weight excluding hydrogens is 432 g/mol. The summed E-state index contributed by atoms with van der Waals surface area (Å²) < 4.78 is 0. The number of nitrogens with zero attached hydrogens (tertiary/aromatic N) is 3. The third kappa shape index (κ3) is 4.16. The average molecular weight is 449 g/mol. The number of carboxylic acid groups (broad SMARTS) is 1. The predicted molar refractivity (Wildman–Crippen MR) is 110 cm³/mol. The van der Waals surface area contributed by atoms with Crippen molar-refractivity contribution in [1.82, 2.24) is 20.2 Å². The highest BCUT2D eigenvalue weighted by Crippen LogP contribution is 2.41. The molecule has 2 aromatic heterocycles. The SMILES string of the molecule is O=C(Cc1cccs1)NC1C(=O)N2C(C(=O)O)=C(CSc3ncccn3)CS[C@H]12. The first-order valence-corrected chi connectivity index (χ1v) is 11.6. The van der Waals surface area contributed by atoms with Gasteiger partial charge in [-0.05, 0) is 23.1 Å². The van der Waals surface area contributed by atoms with Gasteiger partial charge in [-0.25, -0.2) is 14.8 Å². The number of carbonyl (C=O) groups is 3. The van der Waals surface area contributed by atoms with Crippen LogP contribution in [0, 0.1) is 0 Å². The number of aromatic nitrogens is 2. The molecule has 0 radical (unpaired) electrons. The van der Waals surface area contributed by atoms with Crippen LogP contribution in [0.5, 0.6) is 0 Å². The van der Waals surface area contributed by atoms with Crippen molar-refractivity contribution < 1.29 is 19.5 Å². The van der Waals surface area contributed by atoms with Gasteiger partial charge in [0.05, 0.1) is 6.42 Å². The van der Waals surface area contributed by atoms with Crippen LogP contribution in [0.15, 0.2) is 52.4 Å². The molecule has 11 heteroatoms. The summed E-state index contributed by atoms with van der Waals surface area (Å²) >= 11 is 4.26. The first kappa shape index (κ1) is 19.9. The molecule has 1 unspecified atom stereocenters. The van der Waals surface area contributed by atoms with Gasteiger partial charge in [0, 0.05) is 28.8 Å². The van der Waals surface area contributed by atoms with E-state index in [2.05, 4.69) is 15.3 Å². The fourth-order valence-corrected chi connectivity index (χ4v) is 6.09. The van der Waals surface area contributed by atoms with E-state index in [1.54, 1.807) is 18.5 Å². The number of thiophene rings is 1. The Morgan fingerprint density at radius 2 is 2.10 bits per heavy atom. The van der Waals surface area contributed by atoms with Crippen molar-refractivity contribution in [3.8, 4) is 0 Å². The lowest BCUT2D eigenvalue weighted by atomic mass is 10.0. The molecule has 1 saturated heterocycles. The summed E-state index contributed by atoms with van der Waals surface area (Å²) in [6, 6.07) is 4.73. The molecule has 2 atom stereocenters. The number of carboxylic acids is 1. The van der Waals surface area contributed by atoms with E-state index in [9.17, 15) is 19.5 Å². The Morgan fingerprint density at radius 3 is 2.79 bits per heavy atom. The molecule has 2 aliphatic rings. The molecule has 2 N–H and O–H groups in total. The minimum atomic E-state index is -1.14. The average Bonchev–Trinajstić information content (AvgIpc) is 3.23. The molecule has 4 rings (SSSR count). The van der Waals surface area contributed by atoms with Gasteiger partial charge in [0.25, 0.3) is 5.91 Å². The number of hydrogen-bond donors (Lipinski definition) is 2. The van der Waals surface area contributed by atoms with E-state index >= 15 is 0 Å². The van der Waals surface area contributed by atoms with Gasteiger partial charge in [0.15, 0.2) is 5.16 Å². The van der Waals surface area contributed by atoms with Gasteiger partial charge in [0.1, 0.15) is 17.1 Å². The molecule has 0 spiro atoms. The maximum Gasteiger partial charge on any atom is 0.352 e. The van der Waals surface area contributed by atoms with Crippen molar-refractivity contribution >= 4 is 52.6 Å². The molecule has 29 heavy (non-hydrogen) atoms. The predicted octanol–water partition coefficient (Wildman–Crippen LogP) is 1.61. The van der Waals surface area contributed by atoms with Gasteiger partial charge in [-0.1, -0.05) is 17.8 Å². The summed E-state index contributed by atoms with van der Waals surface area (Å²) in [5.41, 5.74) is 0.652. The molecule has 0 bridgehead atoms. The van der Waals surface area contributed by atoms with Crippen molar-refractivity contribution in [3.05, 3.63) is 52.1 Å². The van der Waals surface area contributed by atoms with Crippen molar-refractivity contribution in [2.24, 2.45) is 0 Å². The Labute approximate surface area is 178 Å². The Bertz CT molecular complexity index is 965. The standard InChI is InChI=1S/C18H16N4O4S3/c23-12(7-11-3-1-6-27-11)21-13-15(24)22-14(17(25)26)10(8-28-16(13)22)9-29-18-19-4-2-5-20-18/h1-6,13,16H,7-9H2,(H,21,23)(H,25,26)/t13?,16-/m1/s1. The van der Waals surface area contributed by atoms with Crippen LogP contribution < -0.4 is 5.32 Å². The van der Waals surface area contributed by atoms with Gasteiger partial charge < -0.3 is 10.4 Å². The van der Waals surface area contributed by atoms with Crippen LogP contribution in [-0.2, 0) is 20.8 Å². The molecular formula is C18H16N4O4S3.